The summed E-state index contributed by atoms with van der Waals surface area (Å²) in [4.78, 5) is 4.18. The zero-order chi connectivity index (χ0) is 13.1. The van der Waals surface area contributed by atoms with Crippen LogP contribution in [0.5, 0.6) is 5.75 Å². The Morgan fingerprint density at radius 1 is 1.11 bits per heavy atom. The molecule has 0 fully saturated rings. The standard InChI is InChI=1S/C14H13Cl2NO/c1-9-6-11(15)7-10(2)14(9)18-8-12-4-3-5-13(16)17-12/h3-7H,8H2,1-2H3. The van der Waals surface area contributed by atoms with Gasteiger partial charge in [0.1, 0.15) is 17.5 Å². The van der Waals surface area contributed by atoms with Gasteiger partial charge >= 0.3 is 0 Å². The first kappa shape index (κ1) is 13.2. The highest BCUT2D eigenvalue weighted by molar-refractivity contribution is 6.30. The second-order valence-electron chi connectivity index (χ2n) is 4.11. The third-order valence-electron chi connectivity index (χ3n) is 2.56. The number of ether oxygens (including phenoxy) is 1. The van der Waals surface area contributed by atoms with Gasteiger partial charge in [-0.15, -0.1) is 0 Å². The molecule has 0 aliphatic rings. The number of benzene rings is 1. The molecule has 0 bridgehead atoms. The number of rotatable bonds is 3. The van der Waals surface area contributed by atoms with Gasteiger partial charge in [-0.1, -0.05) is 29.3 Å². The number of nitrogens with zero attached hydrogens (tertiary/aromatic N) is 1. The minimum atomic E-state index is 0.393. The first-order valence-corrected chi connectivity index (χ1v) is 6.33. The summed E-state index contributed by atoms with van der Waals surface area (Å²) < 4.78 is 5.78. The molecule has 0 unspecified atom stereocenters. The number of halogens is 2. The van der Waals surface area contributed by atoms with Crippen LogP contribution in [0.15, 0.2) is 30.3 Å². The predicted octanol–water partition coefficient (Wildman–Crippen LogP) is 4.58. The Bertz CT molecular complexity index is 546. The molecule has 0 saturated carbocycles. The Morgan fingerprint density at radius 3 is 2.39 bits per heavy atom. The van der Waals surface area contributed by atoms with Gasteiger partial charge in [0, 0.05) is 5.02 Å². The average molecular weight is 282 g/mol. The molecule has 2 aromatic rings. The fourth-order valence-corrected chi connectivity index (χ4v) is 2.31. The second kappa shape index (κ2) is 5.59. The van der Waals surface area contributed by atoms with Gasteiger partial charge in [0.15, 0.2) is 0 Å². The fraction of sp³-hybridized carbons (Fsp3) is 0.214. The molecule has 1 heterocycles. The lowest BCUT2D eigenvalue weighted by Gasteiger charge is -2.12. The van der Waals surface area contributed by atoms with Gasteiger partial charge in [-0.25, -0.2) is 4.98 Å². The molecule has 0 aliphatic carbocycles. The van der Waals surface area contributed by atoms with Crippen molar-refractivity contribution >= 4 is 23.2 Å². The van der Waals surface area contributed by atoms with E-state index in [1.165, 1.54) is 0 Å². The molecule has 2 rings (SSSR count). The largest absolute Gasteiger partial charge is 0.487 e. The highest BCUT2D eigenvalue weighted by Gasteiger charge is 2.06. The molecular formula is C14H13Cl2NO. The van der Waals surface area contributed by atoms with Crippen molar-refractivity contribution in [2.45, 2.75) is 20.5 Å². The lowest BCUT2D eigenvalue weighted by molar-refractivity contribution is 0.297. The average Bonchev–Trinajstić information content (AvgIpc) is 2.27. The van der Waals surface area contributed by atoms with Crippen LogP contribution in [0.25, 0.3) is 0 Å². The third-order valence-corrected chi connectivity index (χ3v) is 2.99. The van der Waals surface area contributed by atoms with E-state index in [0.29, 0.717) is 11.8 Å². The molecule has 1 aromatic heterocycles. The Labute approximate surface area is 117 Å². The molecule has 0 atom stereocenters. The van der Waals surface area contributed by atoms with Crippen LogP contribution in [0.4, 0.5) is 0 Å². The number of pyridine rings is 1. The van der Waals surface area contributed by atoms with Crippen molar-refractivity contribution in [2.24, 2.45) is 0 Å². The van der Waals surface area contributed by atoms with Gasteiger partial charge < -0.3 is 4.74 Å². The normalized spacial score (nSPS) is 10.4. The van der Waals surface area contributed by atoms with Crippen molar-refractivity contribution in [1.29, 1.82) is 0 Å². The molecule has 0 aliphatic heterocycles. The molecule has 2 nitrogen and oxygen atoms in total. The van der Waals surface area contributed by atoms with Gasteiger partial charge in [0.2, 0.25) is 0 Å². The van der Waals surface area contributed by atoms with Crippen LogP contribution in [-0.2, 0) is 6.61 Å². The molecule has 0 amide bonds. The summed E-state index contributed by atoms with van der Waals surface area (Å²) in [6, 6.07) is 9.25. The third kappa shape index (κ3) is 3.15. The molecule has 0 spiro atoms. The van der Waals surface area contributed by atoms with E-state index in [1.807, 2.05) is 38.1 Å². The van der Waals surface area contributed by atoms with Crippen LogP contribution in [0.1, 0.15) is 16.8 Å². The van der Waals surface area contributed by atoms with Crippen LogP contribution < -0.4 is 4.74 Å². The Hall–Kier alpha value is -1.25. The van der Waals surface area contributed by atoms with E-state index >= 15 is 0 Å². The van der Waals surface area contributed by atoms with Crippen molar-refractivity contribution < 1.29 is 4.74 Å². The minimum Gasteiger partial charge on any atom is -0.487 e. The maximum absolute atomic E-state index is 5.97. The van der Waals surface area contributed by atoms with Gasteiger partial charge in [-0.05, 0) is 49.2 Å². The van der Waals surface area contributed by atoms with Crippen molar-refractivity contribution in [3.8, 4) is 5.75 Å². The van der Waals surface area contributed by atoms with E-state index in [2.05, 4.69) is 4.98 Å². The predicted molar refractivity (Wildman–Crippen MR) is 74.5 cm³/mol. The molecule has 94 valence electrons. The molecule has 18 heavy (non-hydrogen) atoms. The maximum atomic E-state index is 5.97. The van der Waals surface area contributed by atoms with E-state index in [4.69, 9.17) is 27.9 Å². The van der Waals surface area contributed by atoms with Gasteiger partial charge in [0.05, 0.1) is 5.69 Å². The first-order chi connectivity index (χ1) is 8.56. The van der Waals surface area contributed by atoms with E-state index in [-0.39, 0.29) is 0 Å². The molecule has 0 N–H and O–H groups in total. The Kier molecular flexibility index (Phi) is 4.10. The van der Waals surface area contributed by atoms with E-state index < -0.39 is 0 Å². The van der Waals surface area contributed by atoms with Crippen molar-refractivity contribution in [2.75, 3.05) is 0 Å². The Morgan fingerprint density at radius 2 is 1.78 bits per heavy atom. The van der Waals surface area contributed by atoms with Gasteiger partial charge in [0.25, 0.3) is 0 Å². The first-order valence-electron chi connectivity index (χ1n) is 5.57. The highest BCUT2D eigenvalue weighted by Crippen LogP contribution is 2.27. The summed E-state index contributed by atoms with van der Waals surface area (Å²) in [5.74, 6) is 0.848. The van der Waals surface area contributed by atoms with E-state index in [0.717, 1.165) is 27.6 Å². The monoisotopic (exact) mass is 281 g/mol. The van der Waals surface area contributed by atoms with Crippen LogP contribution in [0.3, 0.4) is 0 Å². The quantitative estimate of drug-likeness (QED) is 0.768. The maximum Gasteiger partial charge on any atom is 0.130 e. The molecule has 0 saturated heterocycles. The molecule has 1 aromatic carbocycles. The van der Waals surface area contributed by atoms with Crippen molar-refractivity contribution in [3.05, 3.63) is 57.3 Å². The fourth-order valence-electron chi connectivity index (χ4n) is 1.80. The number of hydrogen-bond donors (Lipinski definition) is 0. The summed E-state index contributed by atoms with van der Waals surface area (Å²) in [6.45, 7) is 4.34. The lowest BCUT2D eigenvalue weighted by atomic mass is 10.1. The summed E-state index contributed by atoms with van der Waals surface area (Å²) >= 11 is 11.8. The zero-order valence-electron chi connectivity index (χ0n) is 10.2. The van der Waals surface area contributed by atoms with Crippen LogP contribution in [0.2, 0.25) is 10.2 Å². The summed E-state index contributed by atoms with van der Waals surface area (Å²) in [7, 11) is 0. The highest BCUT2D eigenvalue weighted by atomic mass is 35.5. The van der Waals surface area contributed by atoms with Gasteiger partial charge in [-0.3, -0.25) is 0 Å². The molecule has 4 heteroatoms. The summed E-state index contributed by atoms with van der Waals surface area (Å²) in [5.41, 5.74) is 2.83. The lowest BCUT2D eigenvalue weighted by Crippen LogP contribution is -2.01. The zero-order valence-corrected chi connectivity index (χ0v) is 11.7. The summed E-state index contributed by atoms with van der Waals surface area (Å²) in [6.07, 6.45) is 0. The topological polar surface area (TPSA) is 22.1 Å². The number of aryl methyl sites for hydroxylation is 2. The minimum absolute atomic E-state index is 0.393. The van der Waals surface area contributed by atoms with Crippen molar-refractivity contribution in [3.63, 3.8) is 0 Å². The van der Waals surface area contributed by atoms with Crippen molar-refractivity contribution in [1.82, 2.24) is 4.98 Å². The van der Waals surface area contributed by atoms with Gasteiger partial charge in [-0.2, -0.15) is 0 Å². The molecular weight excluding hydrogens is 269 g/mol. The summed E-state index contributed by atoms with van der Waals surface area (Å²) in [5, 5.41) is 1.19. The van der Waals surface area contributed by atoms with Crippen LogP contribution in [0, 0.1) is 13.8 Å². The van der Waals surface area contributed by atoms with Crippen LogP contribution >= 0.6 is 23.2 Å². The SMILES string of the molecule is Cc1cc(Cl)cc(C)c1OCc1cccc(Cl)n1. The van der Waals surface area contributed by atoms with Crippen LogP contribution in [-0.4, -0.2) is 4.98 Å². The molecule has 0 radical (unpaired) electrons. The van der Waals surface area contributed by atoms with E-state index in [9.17, 15) is 0 Å². The van der Waals surface area contributed by atoms with E-state index in [1.54, 1.807) is 6.07 Å². The number of hydrogen-bond acceptors (Lipinski definition) is 2. The number of aromatic nitrogens is 1. The second-order valence-corrected chi connectivity index (χ2v) is 4.93. The Balaban J connectivity index is 2.16. The smallest absolute Gasteiger partial charge is 0.130 e.